The predicted octanol–water partition coefficient (Wildman–Crippen LogP) is 1.28. The molecule has 10 nitrogen and oxygen atoms in total. The monoisotopic (exact) mass is 308 g/mol. The maximum atomic E-state index is 10.7. The van der Waals surface area contributed by atoms with E-state index in [1.54, 1.807) is 16.6 Å². The summed E-state index contributed by atoms with van der Waals surface area (Å²) in [6, 6.07) is 12.8. The first-order valence-electron chi connectivity index (χ1n) is 6.57. The first kappa shape index (κ1) is 13.0. The summed E-state index contributed by atoms with van der Waals surface area (Å²) in [5.41, 5.74) is 1.41. The van der Waals surface area contributed by atoms with E-state index >= 15 is 0 Å². The summed E-state index contributed by atoms with van der Waals surface area (Å²) in [6.45, 7) is 0. The predicted molar refractivity (Wildman–Crippen MR) is 77.8 cm³/mol. The molecule has 0 aliphatic heterocycles. The highest BCUT2D eigenvalue weighted by molar-refractivity contribution is 5.58. The highest BCUT2D eigenvalue weighted by Gasteiger charge is 2.16. The molecule has 112 valence electrons. The average Bonchev–Trinajstić information content (AvgIpc) is 3.22. The highest BCUT2D eigenvalue weighted by Crippen LogP contribution is 2.17. The zero-order chi connectivity index (χ0) is 15.8. The van der Waals surface area contributed by atoms with Crippen molar-refractivity contribution < 1.29 is 4.92 Å². The lowest BCUT2D eigenvalue weighted by atomic mass is 10.2. The van der Waals surface area contributed by atoms with Crippen molar-refractivity contribution in [2.75, 3.05) is 0 Å². The lowest BCUT2D eigenvalue weighted by Gasteiger charge is -2.00. The van der Waals surface area contributed by atoms with Gasteiger partial charge in [-0.1, -0.05) is 35.3 Å². The van der Waals surface area contributed by atoms with Gasteiger partial charge < -0.3 is 10.1 Å². The largest absolute Gasteiger partial charge is 0.491 e. The third kappa shape index (κ3) is 2.18. The fourth-order valence-electron chi connectivity index (χ4n) is 2.12. The van der Waals surface area contributed by atoms with E-state index in [0.29, 0.717) is 17.3 Å². The van der Waals surface area contributed by atoms with Gasteiger partial charge in [0, 0.05) is 10.7 Å². The van der Waals surface area contributed by atoms with Crippen LogP contribution in [0.1, 0.15) is 0 Å². The van der Waals surface area contributed by atoms with Gasteiger partial charge in [0.15, 0.2) is 17.3 Å². The van der Waals surface area contributed by atoms with E-state index in [-0.39, 0.29) is 0 Å². The summed E-state index contributed by atoms with van der Waals surface area (Å²) in [4.78, 5) is 13.6. The molecule has 3 aromatic heterocycles. The van der Waals surface area contributed by atoms with Crippen molar-refractivity contribution in [1.29, 1.82) is 0 Å². The fourth-order valence-corrected chi connectivity index (χ4v) is 2.12. The third-order valence-electron chi connectivity index (χ3n) is 3.16. The van der Waals surface area contributed by atoms with Crippen LogP contribution in [-0.4, -0.2) is 39.5 Å². The van der Waals surface area contributed by atoms with E-state index in [1.807, 2.05) is 30.3 Å². The Labute approximate surface area is 128 Å². The molecule has 0 amide bonds. The maximum absolute atomic E-state index is 10.7. The fraction of sp³-hybridized carbons (Fsp3) is 0. The molecule has 0 saturated carbocycles. The first-order valence-corrected chi connectivity index (χ1v) is 6.57. The molecule has 0 aliphatic rings. The second-order valence-corrected chi connectivity index (χ2v) is 4.60. The second-order valence-electron chi connectivity index (χ2n) is 4.60. The summed E-state index contributed by atoms with van der Waals surface area (Å²) in [7, 11) is 0. The first-order chi connectivity index (χ1) is 11.2. The molecule has 10 heteroatoms. The summed E-state index contributed by atoms with van der Waals surface area (Å²) in [5, 5.41) is 27.0. The number of rotatable bonds is 3. The average molecular weight is 308 g/mol. The molecule has 3 heterocycles. The minimum absolute atomic E-state index is 0.370. The van der Waals surface area contributed by atoms with Crippen LogP contribution >= 0.6 is 0 Å². The number of hydrogen-bond acceptors (Lipinski definition) is 7. The summed E-state index contributed by atoms with van der Waals surface area (Å²) >= 11 is 0. The van der Waals surface area contributed by atoms with E-state index in [9.17, 15) is 10.1 Å². The third-order valence-corrected chi connectivity index (χ3v) is 3.16. The van der Waals surface area contributed by atoms with Gasteiger partial charge >= 0.3 is 5.95 Å². The van der Waals surface area contributed by atoms with E-state index in [0.717, 1.165) is 5.56 Å². The van der Waals surface area contributed by atoms with Crippen molar-refractivity contribution in [3.63, 3.8) is 0 Å². The summed E-state index contributed by atoms with van der Waals surface area (Å²) in [6.07, 6.45) is 1.23. The van der Waals surface area contributed by atoms with Gasteiger partial charge in [-0.25, -0.2) is 0 Å². The Balaban J connectivity index is 1.85. The highest BCUT2D eigenvalue weighted by atomic mass is 16.6. The number of aromatic nitrogens is 7. The lowest BCUT2D eigenvalue weighted by Crippen LogP contribution is -2.04. The molecule has 1 aromatic carbocycles. The molecule has 0 spiro atoms. The quantitative estimate of drug-likeness (QED) is 0.413. The minimum Gasteiger partial charge on any atom is -0.390 e. The van der Waals surface area contributed by atoms with Crippen LogP contribution in [0.5, 0.6) is 0 Å². The second kappa shape index (κ2) is 4.94. The summed E-state index contributed by atoms with van der Waals surface area (Å²) < 4.78 is 2.78. The molecule has 4 aromatic rings. The zero-order valence-corrected chi connectivity index (χ0v) is 11.5. The van der Waals surface area contributed by atoms with Crippen molar-refractivity contribution in [2.24, 2.45) is 0 Å². The van der Waals surface area contributed by atoms with Crippen molar-refractivity contribution in [3.05, 3.63) is 58.9 Å². The molecule has 23 heavy (non-hydrogen) atoms. The minimum atomic E-state index is -0.663. The zero-order valence-electron chi connectivity index (χ0n) is 11.5. The normalized spacial score (nSPS) is 11.0. The van der Waals surface area contributed by atoms with Gasteiger partial charge in [0.1, 0.15) is 0 Å². The van der Waals surface area contributed by atoms with E-state index < -0.39 is 10.9 Å². The van der Waals surface area contributed by atoms with E-state index in [1.165, 1.54) is 11.0 Å². The van der Waals surface area contributed by atoms with E-state index in [2.05, 4.69) is 25.4 Å². The Hall–Kier alpha value is -3.69. The van der Waals surface area contributed by atoms with Gasteiger partial charge in [-0.3, -0.25) is 0 Å². The number of nitrogens with zero attached hydrogens (tertiary/aromatic N) is 8. The maximum Gasteiger partial charge on any atom is 0.491 e. The molecule has 0 aliphatic carbocycles. The smallest absolute Gasteiger partial charge is 0.390 e. The molecule has 0 bridgehead atoms. The molecule has 0 saturated heterocycles. The topological polar surface area (TPSA) is 117 Å². The van der Waals surface area contributed by atoms with Crippen LogP contribution < -0.4 is 0 Å². The van der Waals surface area contributed by atoms with Gasteiger partial charge in [-0.15, -0.1) is 20.0 Å². The molecule has 0 unspecified atom stereocenters. The number of benzene rings is 1. The molecule has 0 atom stereocenters. The van der Waals surface area contributed by atoms with Crippen LogP contribution in [0.25, 0.3) is 22.9 Å². The molecular weight excluding hydrogens is 300 g/mol. The van der Waals surface area contributed by atoms with Crippen LogP contribution in [0, 0.1) is 10.1 Å². The Morgan fingerprint density at radius 2 is 1.83 bits per heavy atom. The van der Waals surface area contributed by atoms with Gasteiger partial charge in [0.2, 0.25) is 6.33 Å². The van der Waals surface area contributed by atoms with Gasteiger partial charge in [0.25, 0.3) is 0 Å². The van der Waals surface area contributed by atoms with Gasteiger partial charge in [-0.05, 0) is 17.1 Å². The standard InChI is InChI=1S/C13H8N8O2/c22-21(23)13-14-8-19(18-13)11-7-6-10-15-16-12(20(10)17-11)9-4-2-1-3-5-9/h1-8H. The number of hydrogen-bond donors (Lipinski definition) is 0. The van der Waals surface area contributed by atoms with Crippen LogP contribution in [0.4, 0.5) is 5.95 Å². The van der Waals surface area contributed by atoms with Gasteiger partial charge in [0.05, 0.1) is 0 Å². The number of nitro groups is 1. The molecular formula is C13H8N8O2. The van der Waals surface area contributed by atoms with Crippen LogP contribution in [0.15, 0.2) is 48.8 Å². The Morgan fingerprint density at radius 3 is 2.57 bits per heavy atom. The SMILES string of the molecule is O=[N+]([O-])c1ncn(-c2ccc3nnc(-c4ccccc4)n3n2)n1. The van der Waals surface area contributed by atoms with E-state index in [4.69, 9.17) is 0 Å². The van der Waals surface area contributed by atoms with Crippen molar-refractivity contribution in [2.45, 2.75) is 0 Å². The summed E-state index contributed by atoms with van der Waals surface area (Å²) in [5.74, 6) is 0.450. The molecule has 0 radical (unpaired) electrons. The Kier molecular flexibility index (Phi) is 2.80. The van der Waals surface area contributed by atoms with Crippen LogP contribution in [-0.2, 0) is 0 Å². The van der Waals surface area contributed by atoms with Gasteiger partial charge in [-0.2, -0.15) is 4.52 Å². The van der Waals surface area contributed by atoms with Crippen molar-refractivity contribution >= 4 is 11.6 Å². The lowest BCUT2D eigenvalue weighted by molar-refractivity contribution is -0.394. The van der Waals surface area contributed by atoms with Crippen LogP contribution in [0.3, 0.4) is 0 Å². The number of fused-ring (bicyclic) bond motifs is 1. The Morgan fingerprint density at radius 1 is 1.00 bits per heavy atom. The molecule has 0 fully saturated rings. The molecule has 4 rings (SSSR count). The van der Waals surface area contributed by atoms with Crippen molar-refractivity contribution in [1.82, 2.24) is 34.6 Å². The molecule has 0 N–H and O–H groups in total. The van der Waals surface area contributed by atoms with Crippen LogP contribution in [0.2, 0.25) is 0 Å². The Bertz CT molecular complexity index is 1010. The van der Waals surface area contributed by atoms with Crippen molar-refractivity contribution in [3.8, 4) is 17.2 Å².